The number of pyridine rings is 1. The van der Waals surface area contributed by atoms with Gasteiger partial charge in [0.15, 0.2) is 11.6 Å². The van der Waals surface area contributed by atoms with E-state index < -0.39 is 0 Å². The van der Waals surface area contributed by atoms with E-state index in [1.807, 2.05) is 55.6 Å². The first-order chi connectivity index (χ1) is 12.7. The summed E-state index contributed by atoms with van der Waals surface area (Å²) < 4.78 is 0. The fourth-order valence-corrected chi connectivity index (χ4v) is 2.86. The standard InChI is InChI=1S/C21H18N4O/c1-14-2-4-16(5-3-14)19-20(26)21(24-13-23-19)25-18-8-6-15-10-11-22-12-17(15)7-9-18/h2-8,10-13,26H,9H2,1H3,(H,23,24,25). The molecule has 5 heteroatoms. The molecule has 1 aliphatic carbocycles. The number of benzene rings is 1. The number of rotatable bonds is 3. The minimum Gasteiger partial charge on any atom is -0.503 e. The molecular formula is C21H18N4O. The number of aromatic hydroxyl groups is 1. The topological polar surface area (TPSA) is 70.9 Å². The van der Waals surface area contributed by atoms with E-state index in [2.05, 4.69) is 26.3 Å². The number of anilines is 1. The van der Waals surface area contributed by atoms with Crippen LogP contribution in [-0.2, 0) is 0 Å². The minimum atomic E-state index is 0.0423. The summed E-state index contributed by atoms with van der Waals surface area (Å²) in [5.74, 6) is 0.438. The van der Waals surface area contributed by atoms with E-state index in [-0.39, 0.29) is 5.75 Å². The molecule has 0 radical (unpaired) electrons. The van der Waals surface area contributed by atoms with Gasteiger partial charge in [-0.2, -0.15) is 0 Å². The monoisotopic (exact) mass is 342 g/mol. The molecule has 0 spiro atoms. The molecule has 2 N–H and O–H groups in total. The van der Waals surface area contributed by atoms with Crippen molar-refractivity contribution >= 4 is 18.0 Å². The van der Waals surface area contributed by atoms with Crippen LogP contribution in [0.2, 0.25) is 0 Å². The fourth-order valence-electron chi connectivity index (χ4n) is 2.86. The number of hydrogen-bond donors (Lipinski definition) is 2. The summed E-state index contributed by atoms with van der Waals surface area (Å²) in [6.45, 7) is 2.02. The molecule has 128 valence electrons. The van der Waals surface area contributed by atoms with E-state index in [4.69, 9.17) is 0 Å². The third-order valence-corrected chi connectivity index (χ3v) is 4.32. The number of allylic oxidation sites excluding steroid dienone is 2. The van der Waals surface area contributed by atoms with Gasteiger partial charge in [0.25, 0.3) is 0 Å². The van der Waals surface area contributed by atoms with E-state index in [9.17, 15) is 5.11 Å². The Hall–Kier alpha value is -3.47. The first-order valence-electron chi connectivity index (χ1n) is 8.40. The molecule has 5 nitrogen and oxygen atoms in total. The van der Waals surface area contributed by atoms with Gasteiger partial charge < -0.3 is 10.4 Å². The maximum Gasteiger partial charge on any atom is 0.185 e. The zero-order valence-corrected chi connectivity index (χ0v) is 14.3. The number of hydrogen-bond acceptors (Lipinski definition) is 5. The van der Waals surface area contributed by atoms with E-state index >= 15 is 0 Å². The van der Waals surface area contributed by atoms with Crippen LogP contribution in [0.4, 0.5) is 5.82 Å². The zero-order chi connectivity index (χ0) is 17.9. The van der Waals surface area contributed by atoms with Gasteiger partial charge in [0, 0.05) is 30.1 Å². The molecule has 0 fully saturated rings. The van der Waals surface area contributed by atoms with Crippen molar-refractivity contribution < 1.29 is 5.11 Å². The van der Waals surface area contributed by atoms with Crippen LogP contribution in [0.25, 0.3) is 23.4 Å². The Morgan fingerprint density at radius 1 is 1.00 bits per heavy atom. The lowest BCUT2D eigenvalue weighted by atomic mass is 10.1. The van der Waals surface area contributed by atoms with Crippen molar-refractivity contribution in [1.82, 2.24) is 15.0 Å². The third kappa shape index (κ3) is 3.19. The van der Waals surface area contributed by atoms with Crippen LogP contribution in [0, 0.1) is 6.92 Å². The molecule has 4 rings (SSSR count). The highest BCUT2D eigenvalue weighted by Gasteiger charge is 2.13. The van der Waals surface area contributed by atoms with Gasteiger partial charge in [-0.15, -0.1) is 0 Å². The van der Waals surface area contributed by atoms with Crippen LogP contribution >= 0.6 is 0 Å². The lowest BCUT2D eigenvalue weighted by Gasteiger charge is -2.11. The van der Waals surface area contributed by atoms with Gasteiger partial charge in [-0.05, 0) is 29.5 Å². The molecule has 0 saturated carbocycles. The van der Waals surface area contributed by atoms with Gasteiger partial charge in [0.2, 0.25) is 0 Å². The summed E-state index contributed by atoms with van der Waals surface area (Å²) >= 11 is 0. The van der Waals surface area contributed by atoms with Crippen molar-refractivity contribution in [2.45, 2.75) is 13.3 Å². The molecule has 2 aromatic heterocycles. The predicted octanol–water partition coefficient (Wildman–Crippen LogP) is 2.51. The highest BCUT2D eigenvalue weighted by atomic mass is 16.3. The van der Waals surface area contributed by atoms with Crippen LogP contribution in [0.3, 0.4) is 0 Å². The average molecular weight is 342 g/mol. The van der Waals surface area contributed by atoms with Crippen molar-refractivity contribution in [3.63, 3.8) is 0 Å². The van der Waals surface area contributed by atoms with Crippen molar-refractivity contribution in [1.29, 1.82) is 0 Å². The zero-order valence-electron chi connectivity index (χ0n) is 14.3. The SMILES string of the molecule is Cc1ccc(-c2ncnc(NC3=CC=c4ccncc4=CC3)c2O)cc1. The van der Waals surface area contributed by atoms with Crippen molar-refractivity contribution in [3.8, 4) is 17.0 Å². The summed E-state index contributed by atoms with van der Waals surface area (Å²) in [7, 11) is 0. The quantitative estimate of drug-likeness (QED) is 0.765. The summed E-state index contributed by atoms with van der Waals surface area (Å²) in [5.41, 5.74) is 3.46. The Labute approximate surface area is 151 Å². The second-order valence-corrected chi connectivity index (χ2v) is 6.18. The lowest BCUT2D eigenvalue weighted by Crippen LogP contribution is -2.23. The molecule has 0 aliphatic heterocycles. The minimum absolute atomic E-state index is 0.0423. The molecular weight excluding hydrogens is 324 g/mol. The maximum absolute atomic E-state index is 10.6. The summed E-state index contributed by atoms with van der Waals surface area (Å²) in [6, 6.07) is 9.84. The predicted molar refractivity (Wildman–Crippen MR) is 103 cm³/mol. The molecule has 0 unspecified atom stereocenters. The van der Waals surface area contributed by atoms with Crippen LogP contribution in [0.5, 0.6) is 5.75 Å². The Morgan fingerprint density at radius 2 is 1.85 bits per heavy atom. The Kier molecular flexibility index (Phi) is 4.19. The fraction of sp³-hybridized carbons (Fsp3) is 0.0952. The van der Waals surface area contributed by atoms with Gasteiger partial charge >= 0.3 is 0 Å². The number of nitrogens with zero attached hydrogens (tertiary/aromatic N) is 3. The molecule has 1 aliphatic rings. The third-order valence-electron chi connectivity index (χ3n) is 4.32. The first-order valence-corrected chi connectivity index (χ1v) is 8.40. The van der Waals surface area contributed by atoms with E-state index in [0.29, 0.717) is 17.9 Å². The van der Waals surface area contributed by atoms with Crippen molar-refractivity contribution in [2.24, 2.45) is 0 Å². The van der Waals surface area contributed by atoms with Gasteiger partial charge in [0.05, 0.1) is 0 Å². The number of aryl methyl sites for hydroxylation is 1. The summed E-state index contributed by atoms with van der Waals surface area (Å²) in [6.07, 6.45) is 11.9. The highest BCUT2D eigenvalue weighted by Crippen LogP contribution is 2.32. The van der Waals surface area contributed by atoms with E-state index in [1.54, 1.807) is 6.20 Å². The molecule has 0 amide bonds. The van der Waals surface area contributed by atoms with Gasteiger partial charge in [-0.25, -0.2) is 9.97 Å². The average Bonchev–Trinajstić information content (AvgIpc) is 2.87. The largest absolute Gasteiger partial charge is 0.503 e. The van der Waals surface area contributed by atoms with Crippen molar-refractivity contribution in [2.75, 3.05) is 5.32 Å². The molecule has 1 aromatic carbocycles. The highest BCUT2D eigenvalue weighted by molar-refractivity contribution is 5.73. The lowest BCUT2D eigenvalue weighted by molar-refractivity contribution is 0.474. The normalized spacial score (nSPS) is 12.9. The van der Waals surface area contributed by atoms with Crippen LogP contribution < -0.4 is 15.8 Å². The molecule has 3 aromatic rings. The second kappa shape index (κ2) is 6.80. The number of nitrogens with one attached hydrogen (secondary N) is 1. The summed E-state index contributed by atoms with van der Waals surface area (Å²) in [4.78, 5) is 12.6. The van der Waals surface area contributed by atoms with Gasteiger partial charge in [0.1, 0.15) is 12.0 Å². The maximum atomic E-state index is 10.6. The van der Waals surface area contributed by atoms with E-state index in [0.717, 1.165) is 27.3 Å². The van der Waals surface area contributed by atoms with E-state index in [1.165, 1.54) is 6.33 Å². The van der Waals surface area contributed by atoms with Crippen LogP contribution in [0.1, 0.15) is 12.0 Å². The number of fused-ring (bicyclic) bond motifs is 1. The molecule has 0 saturated heterocycles. The van der Waals surface area contributed by atoms with Gasteiger partial charge in [-0.3, -0.25) is 4.98 Å². The molecule has 2 heterocycles. The van der Waals surface area contributed by atoms with Crippen LogP contribution in [0.15, 0.2) is 60.8 Å². The Morgan fingerprint density at radius 3 is 2.69 bits per heavy atom. The Bertz CT molecular complexity index is 1100. The molecule has 0 bridgehead atoms. The molecule has 0 atom stereocenters. The smallest absolute Gasteiger partial charge is 0.185 e. The Balaban J connectivity index is 1.65. The first kappa shape index (κ1) is 16.0. The summed E-state index contributed by atoms with van der Waals surface area (Å²) in [5, 5.41) is 16.1. The van der Waals surface area contributed by atoms with Gasteiger partial charge in [-0.1, -0.05) is 42.0 Å². The molecule has 26 heavy (non-hydrogen) atoms. The number of aromatic nitrogens is 3. The van der Waals surface area contributed by atoms with Crippen molar-refractivity contribution in [3.05, 3.63) is 76.8 Å². The second-order valence-electron chi connectivity index (χ2n) is 6.18. The van der Waals surface area contributed by atoms with Crippen LogP contribution in [-0.4, -0.2) is 20.1 Å².